The SMILES string of the molecule is CC1CC(=NOC(=O)c2ccco2)c2ccc(O)cc2C1. The van der Waals surface area contributed by atoms with Gasteiger partial charge in [-0.2, -0.15) is 0 Å². The summed E-state index contributed by atoms with van der Waals surface area (Å²) in [6.07, 6.45) is 3.00. The van der Waals surface area contributed by atoms with Crippen molar-refractivity contribution >= 4 is 11.7 Å². The monoisotopic (exact) mass is 285 g/mol. The summed E-state index contributed by atoms with van der Waals surface area (Å²) in [5, 5.41) is 13.6. The molecule has 1 aliphatic carbocycles. The number of phenolic OH excluding ortho intramolecular Hbond substituents is 1. The largest absolute Gasteiger partial charge is 0.508 e. The minimum absolute atomic E-state index is 0.120. The van der Waals surface area contributed by atoms with Crippen molar-refractivity contribution < 1.29 is 19.2 Å². The molecule has 2 aromatic rings. The van der Waals surface area contributed by atoms with Gasteiger partial charge in [0, 0.05) is 5.56 Å². The predicted octanol–water partition coefficient (Wildman–Crippen LogP) is 3.13. The molecule has 0 saturated carbocycles. The first-order valence-corrected chi connectivity index (χ1v) is 6.77. The van der Waals surface area contributed by atoms with Gasteiger partial charge in [0.1, 0.15) is 5.75 Å². The molecule has 0 fully saturated rings. The highest BCUT2D eigenvalue weighted by Crippen LogP contribution is 2.28. The van der Waals surface area contributed by atoms with Crippen molar-refractivity contribution in [2.45, 2.75) is 19.8 Å². The number of carbonyl (C=O) groups is 1. The second-order valence-electron chi connectivity index (χ2n) is 5.25. The lowest BCUT2D eigenvalue weighted by molar-refractivity contribution is 0.0478. The number of phenols is 1. The summed E-state index contributed by atoms with van der Waals surface area (Å²) in [7, 11) is 0. The lowest BCUT2D eigenvalue weighted by Gasteiger charge is -2.22. The molecular formula is C16H15NO4. The van der Waals surface area contributed by atoms with Crippen LogP contribution >= 0.6 is 0 Å². The van der Waals surface area contributed by atoms with Gasteiger partial charge in [-0.05, 0) is 54.7 Å². The molecule has 0 spiro atoms. The summed E-state index contributed by atoms with van der Waals surface area (Å²) < 4.78 is 4.96. The summed E-state index contributed by atoms with van der Waals surface area (Å²) in [5.74, 6) is 0.107. The molecule has 1 aliphatic rings. The van der Waals surface area contributed by atoms with Crippen LogP contribution in [0.3, 0.4) is 0 Å². The van der Waals surface area contributed by atoms with Crippen LogP contribution in [0, 0.1) is 5.92 Å². The third-order valence-electron chi connectivity index (χ3n) is 3.47. The molecule has 21 heavy (non-hydrogen) atoms. The minimum Gasteiger partial charge on any atom is -0.508 e. The normalized spacial score (nSPS) is 19.3. The molecule has 1 heterocycles. The van der Waals surface area contributed by atoms with Crippen molar-refractivity contribution in [1.29, 1.82) is 0 Å². The number of furan rings is 1. The van der Waals surface area contributed by atoms with Crippen LogP contribution in [0.2, 0.25) is 0 Å². The van der Waals surface area contributed by atoms with Crippen LogP contribution in [0.15, 0.2) is 46.2 Å². The molecule has 0 amide bonds. The van der Waals surface area contributed by atoms with Crippen molar-refractivity contribution in [2.75, 3.05) is 0 Å². The minimum atomic E-state index is -0.619. The van der Waals surface area contributed by atoms with E-state index in [0.717, 1.165) is 24.0 Å². The first-order chi connectivity index (χ1) is 10.1. The van der Waals surface area contributed by atoms with E-state index in [1.165, 1.54) is 12.3 Å². The maximum Gasteiger partial charge on any atom is 0.400 e. The molecule has 0 saturated heterocycles. The Morgan fingerprint density at radius 1 is 1.38 bits per heavy atom. The summed E-state index contributed by atoms with van der Waals surface area (Å²) >= 11 is 0. The van der Waals surface area contributed by atoms with Gasteiger partial charge in [0.2, 0.25) is 5.76 Å². The first-order valence-electron chi connectivity index (χ1n) is 6.77. The zero-order valence-corrected chi connectivity index (χ0v) is 11.6. The molecule has 0 aliphatic heterocycles. The average Bonchev–Trinajstić information content (AvgIpc) is 2.97. The Hall–Kier alpha value is -2.56. The number of nitrogens with zero attached hydrogens (tertiary/aromatic N) is 1. The fourth-order valence-electron chi connectivity index (χ4n) is 2.54. The molecule has 1 N–H and O–H groups in total. The third kappa shape index (κ3) is 2.81. The van der Waals surface area contributed by atoms with Crippen LogP contribution in [0.1, 0.15) is 35.0 Å². The van der Waals surface area contributed by atoms with Crippen LogP contribution in [0.5, 0.6) is 5.75 Å². The van der Waals surface area contributed by atoms with Crippen molar-refractivity contribution in [3.8, 4) is 5.75 Å². The van der Waals surface area contributed by atoms with Gasteiger partial charge in [-0.25, -0.2) is 4.79 Å². The number of hydrogen-bond donors (Lipinski definition) is 1. The molecule has 108 valence electrons. The standard InChI is InChI=1S/C16H15NO4/c1-10-7-11-9-12(18)4-5-13(11)14(8-10)17-21-16(19)15-3-2-6-20-15/h2-6,9-10,18H,7-8H2,1H3. The smallest absolute Gasteiger partial charge is 0.400 e. The van der Waals surface area contributed by atoms with Crippen LogP contribution in [-0.4, -0.2) is 16.8 Å². The van der Waals surface area contributed by atoms with Gasteiger partial charge < -0.3 is 14.4 Å². The van der Waals surface area contributed by atoms with E-state index in [9.17, 15) is 9.90 Å². The Morgan fingerprint density at radius 2 is 2.24 bits per heavy atom. The predicted molar refractivity (Wildman–Crippen MR) is 76.3 cm³/mol. The first kappa shape index (κ1) is 13.4. The van der Waals surface area contributed by atoms with Gasteiger partial charge in [0.05, 0.1) is 12.0 Å². The van der Waals surface area contributed by atoms with Crippen LogP contribution < -0.4 is 0 Å². The Morgan fingerprint density at radius 3 is 3.00 bits per heavy atom. The van der Waals surface area contributed by atoms with E-state index in [0.29, 0.717) is 11.6 Å². The molecule has 5 nitrogen and oxygen atoms in total. The average molecular weight is 285 g/mol. The fourth-order valence-corrected chi connectivity index (χ4v) is 2.54. The highest BCUT2D eigenvalue weighted by Gasteiger charge is 2.22. The zero-order chi connectivity index (χ0) is 14.8. The Kier molecular flexibility index (Phi) is 3.48. The summed E-state index contributed by atoms with van der Waals surface area (Å²) in [4.78, 5) is 16.7. The lowest BCUT2D eigenvalue weighted by Crippen LogP contribution is -2.19. The number of carbonyl (C=O) groups excluding carboxylic acids is 1. The number of benzene rings is 1. The Bertz CT molecular complexity index is 688. The van der Waals surface area contributed by atoms with Crippen molar-refractivity contribution in [3.05, 3.63) is 53.5 Å². The summed E-state index contributed by atoms with van der Waals surface area (Å²) in [6, 6.07) is 8.28. The molecular weight excluding hydrogens is 270 g/mol. The number of oxime groups is 1. The van der Waals surface area contributed by atoms with E-state index in [1.54, 1.807) is 24.3 Å². The van der Waals surface area contributed by atoms with Crippen LogP contribution in [0.4, 0.5) is 0 Å². The molecule has 5 heteroatoms. The van der Waals surface area contributed by atoms with E-state index >= 15 is 0 Å². The van der Waals surface area contributed by atoms with Gasteiger partial charge in [0.25, 0.3) is 0 Å². The quantitative estimate of drug-likeness (QED) is 0.679. The molecule has 1 atom stereocenters. The number of rotatable bonds is 2. The van der Waals surface area contributed by atoms with E-state index in [-0.39, 0.29) is 11.5 Å². The molecule has 0 radical (unpaired) electrons. The number of hydrogen-bond acceptors (Lipinski definition) is 5. The Labute approximate surface area is 121 Å². The van der Waals surface area contributed by atoms with E-state index < -0.39 is 5.97 Å². The summed E-state index contributed by atoms with van der Waals surface area (Å²) in [5.41, 5.74) is 2.64. The zero-order valence-electron chi connectivity index (χ0n) is 11.6. The van der Waals surface area contributed by atoms with E-state index in [4.69, 9.17) is 9.25 Å². The van der Waals surface area contributed by atoms with Crippen LogP contribution in [0.25, 0.3) is 0 Å². The highest BCUT2D eigenvalue weighted by molar-refractivity contribution is 6.03. The second-order valence-corrected chi connectivity index (χ2v) is 5.25. The fraction of sp³-hybridized carbons (Fsp3) is 0.250. The maximum atomic E-state index is 11.7. The van der Waals surface area contributed by atoms with Gasteiger partial charge in [-0.3, -0.25) is 0 Å². The topological polar surface area (TPSA) is 72.0 Å². The second kappa shape index (κ2) is 5.44. The lowest BCUT2D eigenvalue weighted by atomic mass is 9.83. The number of fused-ring (bicyclic) bond motifs is 1. The third-order valence-corrected chi connectivity index (χ3v) is 3.47. The summed E-state index contributed by atoms with van der Waals surface area (Å²) in [6.45, 7) is 2.09. The van der Waals surface area contributed by atoms with Crippen molar-refractivity contribution in [2.24, 2.45) is 11.1 Å². The van der Waals surface area contributed by atoms with Crippen LogP contribution in [-0.2, 0) is 11.3 Å². The molecule has 0 bridgehead atoms. The number of aromatic hydroxyl groups is 1. The highest BCUT2D eigenvalue weighted by atomic mass is 16.7. The molecule has 1 aromatic carbocycles. The maximum absolute atomic E-state index is 11.7. The molecule has 3 rings (SSSR count). The van der Waals surface area contributed by atoms with Gasteiger partial charge >= 0.3 is 5.97 Å². The van der Waals surface area contributed by atoms with Gasteiger partial charge in [-0.1, -0.05) is 12.1 Å². The molecule has 1 aromatic heterocycles. The van der Waals surface area contributed by atoms with E-state index in [2.05, 4.69) is 12.1 Å². The van der Waals surface area contributed by atoms with Crippen molar-refractivity contribution in [1.82, 2.24) is 0 Å². The van der Waals surface area contributed by atoms with Gasteiger partial charge in [-0.15, -0.1) is 0 Å². The van der Waals surface area contributed by atoms with E-state index in [1.807, 2.05) is 0 Å². The van der Waals surface area contributed by atoms with Gasteiger partial charge in [0.15, 0.2) is 0 Å². The molecule has 1 unspecified atom stereocenters. The Balaban J connectivity index is 1.85. The van der Waals surface area contributed by atoms with Crippen molar-refractivity contribution in [3.63, 3.8) is 0 Å².